The Morgan fingerprint density at radius 1 is 0.576 bits per heavy atom. The second-order valence-electron chi connectivity index (χ2n) is 26.8. The summed E-state index contributed by atoms with van der Waals surface area (Å²) in [5.74, 6) is -0.263. The van der Waals surface area contributed by atoms with E-state index in [0.29, 0.717) is 103 Å². The first-order valence-corrected chi connectivity index (χ1v) is 33.8. The number of carbonyl (C=O) groups is 6. The Kier molecular flexibility index (Phi) is 18.9. The number of aryl methyl sites for hydroxylation is 2. The van der Waals surface area contributed by atoms with E-state index in [1.165, 1.54) is 64.2 Å². The molecule has 8 heterocycles. The van der Waals surface area contributed by atoms with Crippen LogP contribution in [-0.2, 0) is 37.4 Å². The molecule has 0 bridgehead atoms. The zero-order chi connectivity index (χ0) is 63.3. The number of para-hydroxylation sites is 1. The molecule has 0 radical (unpaired) electrons. The van der Waals surface area contributed by atoms with Gasteiger partial charge >= 0.3 is 24.2 Å². The maximum atomic E-state index is 14.1. The molecule has 2 aromatic heterocycles. The molecule has 6 aliphatic heterocycles. The summed E-state index contributed by atoms with van der Waals surface area (Å²) in [5, 5.41) is 25.4. The summed E-state index contributed by atoms with van der Waals surface area (Å²) in [6.45, 7) is 11.8. The molecule has 6 aromatic rings. The Hall–Kier alpha value is -8.37. The van der Waals surface area contributed by atoms with Crippen LogP contribution in [0.25, 0.3) is 21.8 Å². The molecule has 92 heavy (non-hydrogen) atoms. The number of nitrogens with zero attached hydrogens (tertiary/aromatic N) is 9. The fourth-order valence-electron chi connectivity index (χ4n) is 15.8. The number of benzene rings is 4. The molecule has 1 spiro atoms. The van der Waals surface area contributed by atoms with Crippen LogP contribution in [0.2, 0.25) is 0 Å². The van der Waals surface area contributed by atoms with Crippen LogP contribution in [0.15, 0.2) is 91.3 Å². The van der Waals surface area contributed by atoms with Gasteiger partial charge in [0.05, 0.1) is 29.0 Å². The van der Waals surface area contributed by atoms with Crippen LogP contribution < -0.4 is 16.0 Å². The highest BCUT2D eigenvalue weighted by molar-refractivity contribution is 5.94. The number of H-pyrrole nitrogens is 2. The van der Waals surface area contributed by atoms with Gasteiger partial charge in [0.25, 0.3) is 11.8 Å². The SMILES string of the molecule is Cc1cc(CC(OC(=O)N2CCC([N+]3=CC(c4ccccc4)NC3=O)CC2)C(=O)N2CCN(C3CCCCC3)CC2)cc2cn[nH]c12.Cc1cc(CC(OC(=O)N2CCC3(CC2)NC(=O)Nc2ccccc23)C(=O)N2CCN(C3CCCCC3)CC2)cc2cn[nH]c12. The number of aromatic nitrogens is 4. The van der Waals surface area contributed by atoms with Crippen molar-refractivity contribution in [2.24, 2.45) is 0 Å². The number of hydrogen-bond acceptors (Lipinski definition) is 12. The molecule has 6 fully saturated rings. The van der Waals surface area contributed by atoms with Crippen molar-refractivity contribution in [3.05, 3.63) is 125 Å². The van der Waals surface area contributed by atoms with Crippen LogP contribution in [0, 0.1) is 13.8 Å². The van der Waals surface area contributed by atoms with Crippen molar-refractivity contribution < 1.29 is 42.8 Å². The number of nitrogens with one attached hydrogen (secondary N) is 5. The van der Waals surface area contributed by atoms with E-state index in [-0.39, 0.29) is 36.0 Å². The molecule has 14 rings (SSSR count). The predicted octanol–water partition coefficient (Wildman–Crippen LogP) is 8.93. The minimum Gasteiger partial charge on any atom is -0.436 e. The number of rotatable bonds is 12. The Balaban J connectivity index is 0.000000168. The maximum Gasteiger partial charge on any atom is 0.492 e. The largest absolute Gasteiger partial charge is 0.492 e. The standard InChI is InChI=1S/C36H45N7O4.C34H43N7O4/c1-25-20-26(21-28-23-37-39-33(25)28)22-32(34(44)41-18-16-40(17-19-41)29-10-6-3-7-11-29)47-36(46)42-14-12-30(13-15-42)43-24-31(38-35(43)45)27-8-4-2-5-9-27;1-23-19-24(20-25-22-35-38-30(23)25)21-29(31(42)40-17-15-39(16-18-40)26-7-3-2-4-8-26)45-33(44)41-13-11-34(12-14-41)27-9-5-6-10-28(27)36-32(43)37-34/h2,4-5,8-9,20-21,23-24,29-32H,3,6-7,10-19,22H2,1H3,(H-,37,38,39,45);5-6,9-10,19-20,22,26,29H,2-4,7-8,11-18,21H2,1H3,(H,35,38)(H2,36,37,43)/p+1. The third-order valence-corrected chi connectivity index (χ3v) is 20.9. The van der Waals surface area contributed by atoms with Gasteiger partial charge in [0, 0.05) is 144 Å². The van der Waals surface area contributed by atoms with Gasteiger partial charge in [-0.25, -0.2) is 19.7 Å². The van der Waals surface area contributed by atoms with Crippen molar-refractivity contribution in [2.45, 2.75) is 158 Å². The van der Waals surface area contributed by atoms with Crippen LogP contribution in [0.4, 0.5) is 24.9 Å². The highest BCUT2D eigenvalue weighted by Gasteiger charge is 2.45. The van der Waals surface area contributed by atoms with Gasteiger partial charge in [-0.05, 0) is 92.8 Å². The molecular weight excluding hydrogens is 1160 g/mol. The number of urea groups is 2. The minimum absolute atomic E-state index is 0.00434. The van der Waals surface area contributed by atoms with E-state index in [2.05, 4.69) is 46.1 Å². The number of hydrogen-bond donors (Lipinski definition) is 5. The van der Waals surface area contributed by atoms with Crippen LogP contribution >= 0.6 is 0 Å². The normalized spacial score (nSPS) is 21.8. The average Bonchev–Trinajstić information content (AvgIpc) is 1.02. The van der Waals surface area contributed by atoms with Gasteiger partial charge in [0.1, 0.15) is 12.3 Å². The molecule has 2 aliphatic carbocycles. The Labute approximate surface area is 537 Å². The van der Waals surface area contributed by atoms with E-state index in [4.69, 9.17) is 9.47 Å². The van der Waals surface area contributed by atoms with E-state index in [1.807, 2.05) is 109 Å². The third-order valence-electron chi connectivity index (χ3n) is 20.9. The number of piperidine rings is 2. The number of anilines is 1. The van der Waals surface area contributed by atoms with E-state index >= 15 is 0 Å². The van der Waals surface area contributed by atoms with Gasteiger partial charge in [0.15, 0.2) is 18.2 Å². The minimum atomic E-state index is -0.933. The summed E-state index contributed by atoms with van der Waals surface area (Å²) in [6.07, 6.45) is 18.5. The van der Waals surface area contributed by atoms with Crippen molar-refractivity contribution in [1.82, 2.24) is 60.4 Å². The molecule has 5 N–H and O–H groups in total. The highest BCUT2D eigenvalue weighted by atomic mass is 16.6. The Bertz CT molecular complexity index is 3660. The van der Waals surface area contributed by atoms with Crippen molar-refractivity contribution in [3.8, 4) is 0 Å². The van der Waals surface area contributed by atoms with Gasteiger partial charge in [-0.15, -0.1) is 0 Å². The third kappa shape index (κ3) is 13.9. The molecular formula is C70H89N14O8+. The number of amides is 8. The topological polar surface area (TPSA) is 237 Å². The van der Waals surface area contributed by atoms with Gasteiger partial charge in [-0.2, -0.15) is 19.6 Å². The predicted molar refractivity (Wildman–Crippen MR) is 349 cm³/mol. The number of fused-ring (bicyclic) bond motifs is 4. The monoisotopic (exact) mass is 1250 g/mol. The van der Waals surface area contributed by atoms with Crippen molar-refractivity contribution in [3.63, 3.8) is 0 Å². The lowest BCUT2D eigenvalue weighted by Crippen LogP contribution is -2.58. The number of ether oxygens (including phenoxy) is 2. The lowest BCUT2D eigenvalue weighted by molar-refractivity contribution is -0.468. The quantitative estimate of drug-likeness (QED) is 0.0723. The molecule has 486 valence electrons. The average molecular weight is 1250 g/mol. The van der Waals surface area contributed by atoms with Gasteiger partial charge in [0.2, 0.25) is 0 Å². The summed E-state index contributed by atoms with van der Waals surface area (Å²) in [4.78, 5) is 92.9. The number of carbonyl (C=O) groups excluding carboxylic acids is 6. The summed E-state index contributed by atoms with van der Waals surface area (Å²) < 4.78 is 14.0. The zero-order valence-electron chi connectivity index (χ0n) is 53.3. The lowest BCUT2D eigenvalue weighted by Gasteiger charge is -2.45. The summed E-state index contributed by atoms with van der Waals surface area (Å²) >= 11 is 0. The fourth-order valence-corrected chi connectivity index (χ4v) is 15.8. The van der Waals surface area contributed by atoms with Crippen LogP contribution in [-0.4, -0.2) is 206 Å². The van der Waals surface area contributed by atoms with E-state index in [1.54, 1.807) is 26.8 Å². The molecule has 22 nitrogen and oxygen atoms in total. The molecule has 22 heteroatoms. The lowest BCUT2D eigenvalue weighted by atomic mass is 9.79. The first-order valence-electron chi connectivity index (χ1n) is 33.8. The second-order valence-corrected chi connectivity index (χ2v) is 26.8. The van der Waals surface area contributed by atoms with Crippen molar-refractivity contribution in [2.75, 3.05) is 83.9 Å². The molecule has 2 saturated carbocycles. The van der Waals surface area contributed by atoms with Gasteiger partial charge in [-0.1, -0.05) is 99.2 Å². The van der Waals surface area contributed by atoms with Crippen molar-refractivity contribution >= 4 is 69.8 Å². The molecule has 8 amide bonds. The van der Waals surface area contributed by atoms with E-state index in [9.17, 15) is 28.8 Å². The first-order chi connectivity index (χ1) is 44.8. The van der Waals surface area contributed by atoms with Crippen LogP contribution in [0.3, 0.4) is 0 Å². The smallest absolute Gasteiger partial charge is 0.436 e. The molecule has 4 aromatic carbocycles. The van der Waals surface area contributed by atoms with Gasteiger partial charge < -0.3 is 39.7 Å². The summed E-state index contributed by atoms with van der Waals surface area (Å²) in [7, 11) is 0. The second kappa shape index (κ2) is 27.8. The van der Waals surface area contributed by atoms with Crippen molar-refractivity contribution in [1.29, 1.82) is 0 Å². The maximum absolute atomic E-state index is 14.1. The van der Waals surface area contributed by atoms with Crippen LogP contribution in [0.1, 0.15) is 129 Å². The molecule has 3 atom stereocenters. The molecule has 8 aliphatic rings. The van der Waals surface area contributed by atoms with Crippen LogP contribution in [0.5, 0.6) is 0 Å². The Morgan fingerprint density at radius 2 is 1.07 bits per heavy atom. The fraction of sp³-hybridized carbons (Fsp3) is 0.529. The number of likely N-dealkylation sites (tertiary alicyclic amines) is 2. The number of aromatic amines is 2. The van der Waals surface area contributed by atoms with Gasteiger partial charge in [-0.3, -0.25) is 29.6 Å². The highest BCUT2D eigenvalue weighted by Crippen LogP contribution is 2.40. The number of piperazine rings is 2. The summed E-state index contributed by atoms with van der Waals surface area (Å²) in [5.41, 5.74) is 8.20. The van der Waals surface area contributed by atoms with E-state index in [0.717, 1.165) is 87.1 Å². The Morgan fingerprint density at radius 3 is 1.59 bits per heavy atom. The first kappa shape index (κ1) is 62.4. The zero-order valence-corrected chi connectivity index (χ0v) is 53.3. The molecule has 3 unspecified atom stereocenters. The summed E-state index contributed by atoms with van der Waals surface area (Å²) in [6, 6.07) is 26.6. The van der Waals surface area contributed by atoms with E-state index < -0.39 is 29.9 Å². The molecule has 4 saturated heterocycles.